The summed E-state index contributed by atoms with van der Waals surface area (Å²) in [6, 6.07) is 2.96. The van der Waals surface area contributed by atoms with E-state index in [1.807, 2.05) is 0 Å². The van der Waals surface area contributed by atoms with Gasteiger partial charge >= 0.3 is 6.18 Å². The van der Waals surface area contributed by atoms with Crippen molar-refractivity contribution in [3.8, 4) is 0 Å². The van der Waals surface area contributed by atoms with Crippen LogP contribution >= 0.6 is 0 Å². The summed E-state index contributed by atoms with van der Waals surface area (Å²) in [5, 5.41) is 0. The van der Waals surface area contributed by atoms with Gasteiger partial charge in [-0.25, -0.2) is 0 Å². The van der Waals surface area contributed by atoms with Crippen molar-refractivity contribution in [2.75, 3.05) is 0 Å². The maximum absolute atomic E-state index is 12.8. The lowest BCUT2D eigenvalue weighted by Gasteiger charge is -2.26. The first-order valence-electron chi connectivity index (χ1n) is 5.25. The summed E-state index contributed by atoms with van der Waals surface area (Å²) in [6.07, 6.45) is -0.314. The highest BCUT2D eigenvalue weighted by molar-refractivity contribution is 5.31. The van der Waals surface area contributed by atoms with Gasteiger partial charge in [0.1, 0.15) is 5.69 Å². The van der Waals surface area contributed by atoms with Crippen molar-refractivity contribution in [1.82, 2.24) is 4.98 Å². The third-order valence-electron chi connectivity index (χ3n) is 3.11. The summed E-state index contributed by atoms with van der Waals surface area (Å²) >= 11 is 0. The first-order valence-corrected chi connectivity index (χ1v) is 5.25. The Morgan fingerprint density at radius 2 is 1.88 bits per heavy atom. The lowest BCUT2D eigenvalue weighted by atomic mass is 9.88. The third-order valence-corrected chi connectivity index (χ3v) is 3.11. The zero-order valence-electron chi connectivity index (χ0n) is 8.72. The second-order valence-electron chi connectivity index (χ2n) is 4.26. The Morgan fingerprint density at radius 3 is 2.44 bits per heavy atom. The van der Waals surface area contributed by atoms with E-state index in [9.17, 15) is 13.2 Å². The number of halogens is 3. The maximum Gasteiger partial charge on any atom is 0.433 e. The van der Waals surface area contributed by atoms with Gasteiger partial charge in [0, 0.05) is 17.3 Å². The number of pyridine rings is 1. The van der Waals surface area contributed by atoms with Gasteiger partial charge in [-0.2, -0.15) is 13.2 Å². The molecule has 2 N–H and O–H groups in total. The van der Waals surface area contributed by atoms with Crippen LogP contribution in [0.4, 0.5) is 13.2 Å². The SMILES string of the molecule is NC1(c2cccnc2C(F)(F)F)CCCC1. The molecule has 1 fully saturated rings. The molecule has 1 saturated carbocycles. The predicted molar refractivity (Wildman–Crippen MR) is 53.6 cm³/mol. The van der Waals surface area contributed by atoms with Gasteiger partial charge < -0.3 is 5.73 Å². The average Bonchev–Trinajstić information content (AvgIpc) is 2.65. The quantitative estimate of drug-likeness (QED) is 0.805. The van der Waals surface area contributed by atoms with Gasteiger partial charge in [-0.3, -0.25) is 4.98 Å². The smallest absolute Gasteiger partial charge is 0.321 e. The molecule has 2 rings (SSSR count). The number of rotatable bonds is 1. The van der Waals surface area contributed by atoms with E-state index in [1.165, 1.54) is 12.1 Å². The zero-order valence-corrected chi connectivity index (χ0v) is 8.72. The molecule has 5 heteroatoms. The number of alkyl halides is 3. The van der Waals surface area contributed by atoms with E-state index < -0.39 is 17.4 Å². The normalized spacial score (nSPS) is 20.0. The Labute approximate surface area is 91.7 Å². The van der Waals surface area contributed by atoms with Crippen molar-refractivity contribution >= 4 is 0 Å². The average molecular weight is 230 g/mol. The molecule has 0 spiro atoms. The van der Waals surface area contributed by atoms with E-state index >= 15 is 0 Å². The van der Waals surface area contributed by atoms with Crippen LogP contribution in [0.3, 0.4) is 0 Å². The minimum atomic E-state index is -4.43. The van der Waals surface area contributed by atoms with Crippen LogP contribution in [0.25, 0.3) is 0 Å². The molecule has 0 aliphatic heterocycles. The standard InChI is InChI=1S/C11H13F3N2/c12-11(13,14)9-8(4-3-7-16-9)10(15)5-1-2-6-10/h3-4,7H,1-2,5-6,15H2. The predicted octanol–water partition coefficient (Wildman–Crippen LogP) is 2.83. The van der Waals surface area contributed by atoms with E-state index in [4.69, 9.17) is 5.73 Å². The Hall–Kier alpha value is -1.10. The van der Waals surface area contributed by atoms with Crippen molar-refractivity contribution in [2.45, 2.75) is 37.4 Å². The van der Waals surface area contributed by atoms with E-state index in [2.05, 4.69) is 4.98 Å². The number of hydrogen-bond donors (Lipinski definition) is 1. The third kappa shape index (κ3) is 1.91. The minimum absolute atomic E-state index is 0.139. The highest BCUT2D eigenvalue weighted by Gasteiger charge is 2.42. The van der Waals surface area contributed by atoms with Crippen molar-refractivity contribution in [3.63, 3.8) is 0 Å². The zero-order chi connectivity index (χ0) is 11.8. The van der Waals surface area contributed by atoms with Crippen molar-refractivity contribution in [3.05, 3.63) is 29.6 Å². The van der Waals surface area contributed by atoms with E-state index in [-0.39, 0.29) is 5.56 Å². The molecule has 0 saturated heterocycles. The van der Waals surface area contributed by atoms with Crippen LogP contribution < -0.4 is 5.73 Å². The van der Waals surface area contributed by atoms with Crippen LogP contribution in [0, 0.1) is 0 Å². The highest BCUT2D eigenvalue weighted by atomic mass is 19.4. The number of hydrogen-bond acceptors (Lipinski definition) is 2. The molecule has 0 unspecified atom stereocenters. The van der Waals surface area contributed by atoms with E-state index in [1.54, 1.807) is 0 Å². The van der Waals surface area contributed by atoms with Crippen LogP contribution in [0.1, 0.15) is 36.9 Å². The lowest BCUT2D eigenvalue weighted by molar-refractivity contribution is -0.142. The molecule has 0 amide bonds. The van der Waals surface area contributed by atoms with Gasteiger partial charge in [-0.1, -0.05) is 18.9 Å². The van der Waals surface area contributed by atoms with Gasteiger partial charge in [0.2, 0.25) is 0 Å². The van der Waals surface area contributed by atoms with Crippen molar-refractivity contribution < 1.29 is 13.2 Å². The Kier molecular flexibility index (Phi) is 2.66. The second kappa shape index (κ2) is 3.73. The van der Waals surface area contributed by atoms with Gasteiger partial charge in [-0.05, 0) is 18.9 Å². The molecule has 1 heterocycles. The lowest BCUT2D eigenvalue weighted by Crippen LogP contribution is -2.36. The Morgan fingerprint density at radius 1 is 1.25 bits per heavy atom. The van der Waals surface area contributed by atoms with E-state index in [0.717, 1.165) is 19.0 Å². The minimum Gasteiger partial charge on any atom is -0.321 e. The van der Waals surface area contributed by atoms with Gasteiger partial charge in [0.25, 0.3) is 0 Å². The highest BCUT2D eigenvalue weighted by Crippen LogP contribution is 2.41. The Bertz CT molecular complexity index is 381. The summed E-state index contributed by atoms with van der Waals surface area (Å²) in [5.41, 5.74) is 4.49. The molecule has 1 aliphatic rings. The molecule has 0 aromatic carbocycles. The molecule has 88 valence electrons. The molecule has 1 aromatic heterocycles. The van der Waals surface area contributed by atoms with Gasteiger partial charge in [-0.15, -0.1) is 0 Å². The largest absolute Gasteiger partial charge is 0.433 e. The molecular formula is C11H13F3N2. The van der Waals surface area contributed by atoms with Crippen LogP contribution in [0.15, 0.2) is 18.3 Å². The second-order valence-corrected chi connectivity index (χ2v) is 4.26. The molecular weight excluding hydrogens is 217 g/mol. The molecule has 1 aromatic rings. The van der Waals surface area contributed by atoms with Crippen LogP contribution in [0.2, 0.25) is 0 Å². The first kappa shape index (κ1) is 11.4. The summed E-state index contributed by atoms with van der Waals surface area (Å²) in [4.78, 5) is 3.43. The number of nitrogens with two attached hydrogens (primary N) is 1. The fourth-order valence-electron chi connectivity index (χ4n) is 2.31. The maximum atomic E-state index is 12.8. The number of aromatic nitrogens is 1. The van der Waals surface area contributed by atoms with Crippen LogP contribution in [-0.2, 0) is 11.7 Å². The van der Waals surface area contributed by atoms with Gasteiger partial charge in [0.05, 0.1) is 0 Å². The summed E-state index contributed by atoms with van der Waals surface area (Å²) < 4.78 is 38.3. The fourth-order valence-corrected chi connectivity index (χ4v) is 2.31. The fraction of sp³-hybridized carbons (Fsp3) is 0.545. The molecule has 16 heavy (non-hydrogen) atoms. The van der Waals surface area contributed by atoms with Crippen LogP contribution in [-0.4, -0.2) is 4.98 Å². The van der Waals surface area contributed by atoms with Gasteiger partial charge in [0.15, 0.2) is 0 Å². The molecule has 1 aliphatic carbocycles. The summed E-state index contributed by atoms with van der Waals surface area (Å²) in [7, 11) is 0. The topological polar surface area (TPSA) is 38.9 Å². The first-order chi connectivity index (χ1) is 7.43. The van der Waals surface area contributed by atoms with Crippen LogP contribution in [0.5, 0.6) is 0 Å². The summed E-state index contributed by atoms with van der Waals surface area (Å²) in [5.74, 6) is 0. The van der Waals surface area contributed by atoms with Crippen molar-refractivity contribution in [1.29, 1.82) is 0 Å². The molecule has 2 nitrogen and oxygen atoms in total. The molecule has 0 radical (unpaired) electrons. The molecule has 0 bridgehead atoms. The number of nitrogens with zero attached hydrogens (tertiary/aromatic N) is 1. The monoisotopic (exact) mass is 230 g/mol. The van der Waals surface area contributed by atoms with Crippen molar-refractivity contribution in [2.24, 2.45) is 5.73 Å². The van der Waals surface area contributed by atoms with E-state index in [0.29, 0.717) is 12.8 Å². The summed E-state index contributed by atoms with van der Waals surface area (Å²) in [6.45, 7) is 0. The Balaban J connectivity index is 2.48. The molecule has 0 atom stereocenters.